The molecule has 0 aliphatic heterocycles. The molecule has 1 unspecified atom stereocenters. The number of hydrogen-bond acceptors (Lipinski definition) is 1. The van der Waals surface area contributed by atoms with E-state index in [0.717, 1.165) is 25.3 Å². The molecule has 0 aliphatic rings. The Bertz CT molecular complexity index is 128. The van der Waals surface area contributed by atoms with Gasteiger partial charge in [-0.2, -0.15) is 0 Å². The first-order valence-electron chi connectivity index (χ1n) is 4.63. The molecule has 0 heterocycles. The Kier molecular flexibility index (Phi) is 7.62. The summed E-state index contributed by atoms with van der Waals surface area (Å²) >= 11 is 5.66. The largest absolute Gasteiger partial charge is 0.310 e. The molecule has 0 rings (SSSR count). The number of allylic oxidation sites excluding steroid dienone is 1. The first kappa shape index (κ1) is 12.0. The van der Waals surface area contributed by atoms with Crippen molar-refractivity contribution >= 4 is 11.6 Å². The minimum absolute atomic E-state index is 0.582. The number of hydrogen-bond donors (Lipinski definition) is 1. The van der Waals surface area contributed by atoms with Crippen LogP contribution in [0.5, 0.6) is 0 Å². The van der Waals surface area contributed by atoms with Crippen molar-refractivity contribution in [2.45, 2.75) is 39.7 Å². The van der Waals surface area contributed by atoms with Crippen molar-refractivity contribution in [1.82, 2.24) is 5.32 Å². The van der Waals surface area contributed by atoms with Gasteiger partial charge in [0.25, 0.3) is 0 Å². The van der Waals surface area contributed by atoms with Gasteiger partial charge in [0, 0.05) is 18.5 Å². The third-order valence-corrected chi connectivity index (χ3v) is 2.09. The van der Waals surface area contributed by atoms with Crippen molar-refractivity contribution in [2.24, 2.45) is 0 Å². The zero-order valence-electron chi connectivity index (χ0n) is 8.36. The molecule has 1 N–H and O–H groups in total. The molecular weight excluding hydrogens is 170 g/mol. The van der Waals surface area contributed by atoms with Gasteiger partial charge in [0.05, 0.1) is 0 Å². The van der Waals surface area contributed by atoms with E-state index in [1.807, 2.05) is 0 Å². The summed E-state index contributed by atoms with van der Waals surface area (Å²) in [5, 5.41) is 3.44. The SMILES string of the molecule is CCC(CCCl)NCC=C(C)C. The summed E-state index contributed by atoms with van der Waals surface area (Å²) in [6.45, 7) is 7.39. The van der Waals surface area contributed by atoms with Crippen LogP contribution in [0, 0.1) is 0 Å². The third kappa shape index (κ3) is 6.68. The fourth-order valence-electron chi connectivity index (χ4n) is 1.01. The van der Waals surface area contributed by atoms with E-state index in [4.69, 9.17) is 11.6 Å². The average molecular weight is 190 g/mol. The van der Waals surface area contributed by atoms with Gasteiger partial charge < -0.3 is 5.32 Å². The molecule has 1 atom stereocenters. The van der Waals surface area contributed by atoms with Crippen LogP contribution >= 0.6 is 11.6 Å². The van der Waals surface area contributed by atoms with E-state index >= 15 is 0 Å². The Morgan fingerprint density at radius 1 is 1.50 bits per heavy atom. The molecule has 72 valence electrons. The van der Waals surface area contributed by atoms with Crippen LogP contribution in [0.3, 0.4) is 0 Å². The molecule has 0 amide bonds. The molecular formula is C10H20ClN. The Labute approximate surface area is 81.2 Å². The second-order valence-corrected chi connectivity index (χ2v) is 3.65. The molecule has 0 saturated heterocycles. The summed E-state index contributed by atoms with van der Waals surface area (Å²) in [5.41, 5.74) is 1.36. The van der Waals surface area contributed by atoms with E-state index in [-0.39, 0.29) is 0 Å². The molecule has 12 heavy (non-hydrogen) atoms. The maximum absolute atomic E-state index is 5.66. The first-order chi connectivity index (χ1) is 5.70. The normalized spacial score (nSPS) is 12.7. The molecule has 0 aromatic heterocycles. The Morgan fingerprint density at radius 3 is 2.58 bits per heavy atom. The van der Waals surface area contributed by atoms with Gasteiger partial charge in [0.15, 0.2) is 0 Å². The predicted octanol–water partition coefficient (Wildman–Crippen LogP) is 2.95. The van der Waals surface area contributed by atoms with E-state index in [9.17, 15) is 0 Å². The zero-order valence-corrected chi connectivity index (χ0v) is 9.12. The molecule has 0 fully saturated rings. The highest BCUT2D eigenvalue weighted by Gasteiger charge is 2.01. The number of alkyl halides is 1. The van der Waals surface area contributed by atoms with Gasteiger partial charge in [-0.15, -0.1) is 11.6 Å². The third-order valence-electron chi connectivity index (χ3n) is 1.87. The van der Waals surface area contributed by atoms with Crippen molar-refractivity contribution in [1.29, 1.82) is 0 Å². The van der Waals surface area contributed by atoms with E-state index in [0.29, 0.717) is 6.04 Å². The molecule has 0 spiro atoms. The Hall–Kier alpha value is -0.0100. The molecule has 1 nitrogen and oxygen atoms in total. The van der Waals surface area contributed by atoms with Crippen molar-refractivity contribution in [3.05, 3.63) is 11.6 Å². The number of rotatable bonds is 6. The van der Waals surface area contributed by atoms with Crippen LogP contribution in [-0.2, 0) is 0 Å². The number of nitrogens with one attached hydrogen (secondary N) is 1. The Balaban J connectivity index is 3.51. The van der Waals surface area contributed by atoms with E-state index < -0.39 is 0 Å². The van der Waals surface area contributed by atoms with E-state index in [2.05, 4.69) is 32.2 Å². The van der Waals surface area contributed by atoms with Crippen LogP contribution in [-0.4, -0.2) is 18.5 Å². The lowest BCUT2D eigenvalue weighted by Crippen LogP contribution is -2.28. The standard InChI is InChI=1S/C10H20ClN/c1-4-10(5-7-11)12-8-6-9(2)3/h6,10,12H,4-5,7-8H2,1-3H3. The monoisotopic (exact) mass is 189 g/mol. The van der Waals surface area contributed by atoms with Crippen LogP contribution in [0.25, 0.3) is 0 Å². The van der Waals surface area contributed by atoms with Crippen LogP contribution < -0.4 is 5.32 Å². The van der Waals surface area contributed by atoms with Crippen molar-refractivity contribution in [2.75, 3.05) is 12.4 Å². The average Bonchev–Trinajstić information content (AvgIpc) is 2.02. The van der Waals surface area contributed by atoms with E-state index in [1.165, 1.54) is 5.57 Å². The zero-order chi connectivity index (χ0) is 9.40. The minimum atomic E-state index is 0.582. The predicted molar refractivity (Wildman–Crippen MR) is 56.8 cm³/mol. The van der Waals surface area contributed by atoms with Gasteiger partial charge in [-0.1, -0.05) is 18.6 Å². The summed E-state index contributed by atoms with van der Waals surface area (Å²) in [4.78, 5) is 0. The highest BCUT2D eigenvalue weighted by molar-refractivity contribution is 6.17. The number of halogens is 1. The summed E-state index contributed by atoms with van der Waals surface area (Å²) in [7, 11) is 0. The lowest BCUT2D eigenvalue weighted by atomic mass is 10.2. The van der Waals surface area contributed by atoms with Crippen molar-refractivity contribution in [3.8, 4) is 0 Å². The van der Waals surface area contributed by atoms with Gasteiger partial charge in [-0.25, -0.2) is 0 Å². The summed E-state index contributed by atoms with van der Waals surface area (Å²) in [6, 6.07) is 0.582. The van der Waals surface area contributed by atoms with Crippen molar-refractivity contribution in [3.63, 3.8) is 0 Å². The highest BCUT2D eigenvalue weighted by atomic mass is 35.5. The maximum atomic E-state index is 5.66. The molecule has 0 bridgehead atoms. The van der Waals surface area contributed by atoms with Gasteiger partial charge in [-0.3, -0.25) is 0 Å². The fourth-order valence-corrected chi connectivity index (χ4v) is 1.28. The quantitative estimate of drug-likeness (QED) is 0.501. The summed E-state index contributed by atoms with van der Waals surface area (Å²) in [6.07, 6.45) is 4.43. The summed E-state index contributed by atoms with van der Waals surface area (Å²) in [5.74, 6) is 0.750. The summed E-state index contributed by atoms with van der Waals surface area (Å²) < 4.78 is 0. The van der Waals surface area contributed by atoms with Crippen molar-refractivity contribution < 1.29 is 0 Å². The lowest BCUT2D eigenvalue weighted by molar-refractivity contribution is 0.512. The molecule has 2 heteroatoms. The fraction of sp³-hybridized carbons (Fsp3) is 0.800. The minimum Gasteiger partial charge on any atom is -0.310 e. The lowest BCUT2D eigenvalue weighted by Gasteiger charge is -2.13. The van der Waals surface area contributed by atoms with Gasteiger partial charge in [0.1, 0.15) is 0 Å². The van der Waals surface area contributed by atoms with Gasteiger partial charge >= 0.3 is 0 Å². The van der Waals surface area contributed by atoms with E-state index in [1.54, 1.807) is 0 Å². The first-order valence-corrected chi connectivity index (χ1v) is 5.16. The van der Waals surface area contributed by atoms with Crippen LogP contribution in [0.15, 0.2) is 11.6 Å². The van der Waals surface area contributed by atoms with Crippen LogP contribution in [0.2, 0.25) is 0 Å². The second kappa shape index (κ2) is 7.63. The molecule has 0 aromatic rings. The highest BCUT2D eigenvalue weighted by Crippen LogP contribution is 1.99. The second-order valence-electron chi connectivity index (χ2n) is 3.27. The molecule has 0 radical (unpaired) electrons. The molecule has 0 saturated carbocycles. The smallest absolute Gasteiger partial charge is 0.0238 e. The Morgan fingerprint density at radius 2 is 2.17 bits per heavy atom. The van der Waals surface area contributed by atoms with Gasteiger partial charge in [-0.05, 0) is 26.7 Å². The van der Waals surface area contributed by atoms with Gasteiger partial charge in [0.2, 0.25) is 0 Å². The van der Waals surface area contributed by atoms with Crippen LogP contribution in [0.4, 0.5) is 0 Å². The van der Waals surface area contributed by atoms with Crippen LogP contribution in [0.1, 0.15) is 33.6 Å². The molecule has 0 aliphatic carbocycles. The molecule has 0 aromatic carbocycles. The maximum Gasteiger partial charge on any atom is 0.0238 e. The topological polar surface area (TPSA) is 12.0 Å².